The van der Waals surface area contributed by atoms with E-state index in [1.165, 1.54) is 6.20 Å². The summed E-state index contributed by atoms with van der Waals surface area (Å²) >= 11 is 0. The van der Waals surface area contributed by atoms with Crippen molar-refractivity contribution in [2.24, 2.45) is 0 Å². The average molecular weight is 206 g/mol. The first-order chi connectivity index (χ1) is 7.15. The molecule has 0 saturated carbocycles. The summed E-state index contributed by atoms with van der Waals surface area (Å²) < 4.78 is 0. The topological polar surface area (TPSA) is 81.8 Å². The molecule has 0 fully saturated rings. The van der Waals surface area contributed by atoms with Crippen LogP contribution in [0.2, 0.25) is 0 Å². The molecular formula is C10H14N4O. The van der Waals surface area contributed by atoms with Gasteiger partial charge in [0.1, 0.15) is 6.07 Å². The van der Waals surface area contributed by atoms with Gasteiger partial charge in [-0.3, -0.25) is 0 Å². The van der Waals surface area contributed by atoms with Gasteiger partial charge in [-0.2, -0.15) is 10.4 Å². The zero-order chi connectivity index (χ0) is 11.3. The van der Waals surface area contributed by atoms with Crippen LogP contribution in [-0.4, -0.2) is 27.4 Å². The molecule has 0 aliphatic heterocycles. The Balaban J connectivity index is 2.94. The minimum absolute atomic E-state index is 0.0229. The van der Waals surface area contributed by atoms with Gasteiger partial charge in [-0.05, 0) is 19.4 Å². The lowest BCUT2D eigenvalue weighted by atomic mass is 10.00. The van der Waals surface area contributed by atoms with Crippen molar-refractivity contribution in [1.29, 1.82) is 5.26 Å². The molecule has 1 aromatic rings. The summed E-state index contributed by atoms with van der Waals surface area (Å²) in [5.41, 5.74) is -0.0418. The maximum Gasteiger partial charge on any atom is 0.167 e. The molecule has 1 heterocycles. The van der Waals surface area contributed by atoms with E-state index in [2.05, 4.69) is 15.5 Å². The van der Waals surface area contributed by atoms with Crippen LogP contribution in [0.1, 0.15) is 25.8 Å². The smallest absolute Gasteiger partial charge is 0.167 e. The molecule has 0 aliphatic rings. The largest absolute Gasteiger partial charge is 0.394 e. The minimum atomic E-state index is -0.471. The van der Waals surface area contributed by atoms with Gasteiger partial charge in [0.2, 0.25) is 0 Å². The van der Waals surface area contributed by atoms with Gasteiger partial charge in [0, 0.05) is 0 Å². The van der Waals surface area contributed by atoms with Crippen LogP contribution >= 0.6 is 0 Å². The molecule has 1 unspecified atom stereocenters. The van der Waals surface area contributed by atoms with Crippen LogP contribution in [0, 0.1) is 11.3 Å². The molecule has 5 nitrogen and oxygen atoms in total. The second kappa shape index (κ2) is 4.71. The van der Waals surface area contributed by atoms with E-state index < -0.39 is 5.54 Å². The lowest BCUT2D eigenvalue weighted by Crippen LogP contribution is -2.38. The number of nitriles is 1. The van der Waals surface area contributed by atoms with E-state index in [-0.39, 0.29) is 6.61 Å². The van der Waals surface area contributed by atoms with Crippen LogP contribution in [0.5, 0.6) is 0 Å². The Kier molecular flexibility index (Phi) is 3.58. The second-order valence-electron chi connectivity index (χ2n) is 3.60. The van der Waals surface area contributed by atoms with Gasteiger partial charge in [0.15, 0.2) is 5.82 Å². The van der Waals surface area contributed by atoms with E-state index in [4.69, 9.17) is 5.26 Å². The number of rotatable bonds is 4. The number of hydrogen-bond donors (Lipinski definition) is 2. The zero-order valence-corrected chi connectivity index (χ0v) is 8.86. The van der Waals surface area contributed by atoms with Crippen LogP contribution in [0.4, 0.5) is 5.82 Å². The number of aliphatic hydroxyl groups excluding tert-OH is 1. The van der Waals surface area contributed by atoms with Crippen LogP contribution in [0.3, 0.4) is 0 Å². The highest BCUT2D eigenvalue weighted by molar-refractivity contribution is 5.51. The van der Waals surface area contributed by atoms with E-state index in [9.17, 15) is 5.11 Å². The SMILES string of the molecule is CCC(C)(CO)Nc1nnccc1C#N. The fourth-order valence-corrected chi connectivity index (χ4v) is 1.04. The van der Waals surface area contributed by atoms with Crippen LogP contribution < -0.4 is 5.32 Å². The summed E-state index contributed by atoms with van der Waals surface area (Å²) in [5.74, 6) is 0.415. The predicted octanol–water partition coefficient (Wildman–Crippen LogP) is 0.921. The third-order valence-corrected chi connectivity index (χ3v) is 2.39. The van der Waals surface area contributed by atoms with Gasteiger partial charge in [0.05, 0.1) is 23.9 Å². The molecule has 0 aromatic carbocycles. The van der Waals surface area contributed by atoms with Crippen molar-refractivity contribution in [3.05, 3.63) is 17.8 Å². The number of nitrogens with zero attached hydrogens (tertiary/aromatic N) is 3. The number of aliphatic hydroxyl groups is 1. The van der Waals surface area contributed by atoms with Crippen molar-refractivity contribution in [3.8, 4) is 6.07 Å². The van der Waals surface area contributed by atoms with Gasteiger partial charge in [-0.1, -0.05) is 6.92 Å². The predicted molar refractivity (Wildman–Crippen MR) is 56.2 cm³/mol. The molecular weight excluding hydrogens is 192 g/mol. The van der Waals surface area contributed by atoms with Crippen molar-refractivity contribution in [1.82, 2.24) is 10.2 Å². The number of nitrogens with one attached hydrogen (secondary N) is 1. The van der Waals surface area contributed by atoms with Crippen molar-refractivity contribution >= 4 is 5.82 Å². The number of hydrogen-bond acceptors (Lipinski definition) is 5. The molecule has 1 atom stereocenters. The lowest BCUT2D eigenvalue weighted by molar-refractivity contribution is 0.218. The van der Waals surface area contributed by atoms with Gasteiger partial charge in [0.25, 0.3) is 0 Å². The lowest BCUT2D eigenvalue weighted by Gasteiger charge is -2.27. The average Bonchev–Trinajstić information content (AvgIpc) is 2.29. The van der Waals surface area contributed by atoms with Gasteiger partial charge in [-0.25, -0.2) is 0 Å². The molecule has 5 heteroatoms. The van der Waals surface area contributed by atoms with Gasteiger partial charge < -0.3 is 10.4 Å². The van der Waals surface area contributed by atoms with Gasteiger partial charge in [-0.15, -0.1) is 5.10 Å². The summed E-state index contributed by atoms with van der Waals surface area (Å²) in [6, 6.07) is 3.61. The van der Waals surface area contributed by atoms with Crippen molar-refractivity contribution in [3.63, 3.8) is 0 Å². The maximum absolute atomic E-state index is 9.22. The second-order valence-corrected chi connectivity index (χ2v) is 3.60. The highest BCUT2D eigenvalue weighted by Gasteiger charge is 2.22. The molecule has 0 radical (unpaired) electrons. The molecule has 2 N–H and O–H groups in total. The van der Waals surface area contributed by atoms with Crippen LogP contribution in [0.15, 0.2) is 12.3 Å². The Morgan fingerprint density at radius 2 is 2.40 bits per heavy atom. The van der Waals surface area contributed by atoms with Crippen molar-refractivity contribution in [2.45, 2.75) is 25.8 Å². The fourth-order valence-electron chi connectivity index (χ4n) is 1.04. The van der Waals surface area contributed by atoms with E-state index in [1.54, 1.807) is 6.07 Å². The van der Waals surface area contributed by atoms with Crippen molar-refractivity contribution in [2.75, 3.05) is 11.9 Å². The summed E-state index contributed by atoms with van der Waals surface area (Å²) in [6.45, 7) is 3.79. The van der Waals surface area contributed by atoms with E-state index in [1.807, 2.05) is 19.9 Å². The Hall–Kier alpha value is -1.67. The molecule has 80 valence electrons. The van der Waals surface area contributed by atoms with E-state index in [0.29, 0.717) is 11.4 Å². The number of anilines is 1. The van der Waals surface area contributed by atoms with Crippen LogP contribution in [-0.2, 0) is 0 Å². The van der Waals surface area contributed by atoms with Crippen molar-refractivity contribution < 1.29 is 5.11 Å². The Labute approximate surface area is 88.8 Å². The first kappa shape index (κ1) is 11.4. The Morgan fingerprint density at radius 1 is 1.67 bits per heavy atom. The number of aromatic nitrogens is 2. The minimum Gasteiger partial charge on any atom is -0.394 e. The molecule has 15 heavy (non-hydrogen) atoms. The van der Waals surface area contributed by atoms with Gasteiger partial charge >= 0.3 is 0 Å². The molecule has 0 bridgehead atoms. The Morgan fingerprint density at radius 3 is 2.93 bits per heavy atom. The molecule has 1 aromatic heterocycles. The van der Waals surface area contributed by atoms with Crippen LogP contribution in [0.25, 0.3) is 0 Å². The summed E-state index contributed by atoms with van der Waals surface area (Å²) in [4.78, 5) is 0. The molecule has 0 saturated heterocycles. The van der Waals surface area contributed by atoms with E-state index in [0.717, 1.165) is 6.42 Å². The monoisotopic (exact) mass is 206 g/mol. The molecule has 0 amide bonds. The summed E-state index contributed by atoms with van der Waals surface area (Å²) in [5, 5.41) is 28.6. The Bertz CT molecular complexity index is 368. The quantitative estimate of drug-likeness (QED) is 0.765. The third-order valence-electron chi connectivity index (χ3n) is 2.39. The summed E-state index contributed by atoms with van der Waals surface area (Å²) in [6.07, 6.45) is 2.19. The molecule has 0 spiro atoms. The van der Waals surface area contributed by atoms with E-state index >= 15 is 0 Å². The zero-order valence-electron chi connectivity index (χ0n) is 8.86. The molecule has 1 rings (SSSR count). The summed E-state index contributed by atoms with van der Waals surface area (Å²) in [7, 11) is 0. The first-order valence-electron chi connectivity index (χ1n) is 4.76. The first-order valence-corrected chi connectivity index (χ1v) is 4.76. The third kappa shape index (κ3) is 2.64. The maximum atomic E-state index is 9.22. The molecule has 0 aliphatic carbocycles. The standard InChI is InChI=1S/C10H14N4O/c1-3-10(2,7-15)13-9-8(6-11)4-5-12-14-9/h4-5,15H,3,7H2,1-2H3,(H,13,14). The highest BCUT2D eigenvalue weighted by atomic mass is 16.3. The normalized spacial score (nSPS) is 14.0. The fraction of sp³-hybridized carbons (Fsp3) is 0.500. The highest BCUT2D eigenvalue weighted by Crippen LogP contribution is 2.18.